The van der Waals surface area contributed by atoms with Crippen molar-refractivity contribution >= 4 is 31.4 Å². The molecule has 0 fully saturated rings. The van der Waals surface area contributed by atoms with E-state index >= 15 is 0 Å². The molecule has 1 aliphatic heterocycles. The fraction of sp³-hybridized carbons (Fsp3) is 0.400. The Labute approximate surface area is 172 Å². The van der Waals surface area contributed by atoms with E-state index in [1.807, 2.05) is 31.2 Å². The lowest BCUT2D eigenvalue weighted by Gasteiger charge is -2.37. The van der Waals surface area contributed by atoms with Crippen molar-refractivity contribution in [2.24, 2.45) is 0 Å². The summed E-state index contributed by atoms with van der Waals surface area (Å²) in [5.41, 5.74) is 1.93. The van der Waals surface area contributed by atoms with Crippen LogP contribution in [-0.2, 0) is 26.5 Å². The molecule has 1 atom stereocenters. The second-order valence-corrected chi connectivity index (χ2v) is 10.7. The van der Waals surface area contributed by atoms with Crippen LogP contribution in [0.3, 0.4) is 0 Å². The maximum Gasteiger partial charge on any atom is 0.268 e. The van der Waals surface area contributed by atoms with E-state index in [9.17, 15) is 16.8 Å². The Hall–Kier alpha value is -2.26. The Morgan fingerprint density at radius 3 is 2.48 bits per heavy atom. The molecule has 29 heavy (non-hydrogen) atoms. The molecule has 0 saturated carbocycles. The lowest BCUT2D eigenvalue weighted by Crippen LogP contribution is -2.43. The molecule has 9 heteroatoms. The molecule has 0 aliphatic carbocycles. The van der Waals surface area contributed by atoms with Crippen molar-refractivity contribution in [3.63, 3.8) is 0 Å². The van der Waals surface area contributed by atoms with Crippen LogP contribution in [0.2, 0.25) is 0 Å². The van der Waals surface area contributed by atoms with Gasteiger partial charge in [-0.15, -0.1) is 0 Å². The van der Waals surface area contributed by atoms with Crippen LogP contribution >= 0.6 is 0 Å². The van der Waals surface area contributed by atoms with Gasteiger partial charge in [-0.1, -0.05) is 25.1 Å². The van der Waals surface area contributed by atoms with Crippen LogP contribution in [0.25, 0.3) is 0 Å². The summed E-state index contributed by atoms with van der Waals surface area (Å²) in [5.74, 6) is 0.0113. The van der Waals surface area contributed by atoms with Crippen LogP contribution in [0.5, 0.6) is 5.75 Å². The van der Waals surface area contributed by atoms with Crippen LogP contribution in [0.15, 0.2) is 47.4 Å². The largest absolute Gasteiger partial charge is 0.495 e. The number of sulfonamides is 2. The van der Waals surface area contributed by atoms with E-state index in [1.54, 1.807) is 0 Å². The third kappa shape index (κ3) is 4.20. The topological polar surface area (TPSA) is 92.8 Å². The lowest BCUT2D eigenvalue weighted by atomic mass is 9.97. The van der Waals surface area contributed by atoms with Gasteiger partial charge in [0.25, 0.3) is 10.0 Å². The second-order valence-electron chi connectivity index (χ2n) is 6.90. The number of fused-ring (bicyclic) bond motifs is 1. The van der Waals surface area contributed by atoms with E-state index in [1.165, 1.54) is 36.5 Å². The molecule has 2 aromatic rings. The van der Waals surface area contributed by atoms with E-state index in [0.29, 0.717) is 12.1 Å². The van der Waals surface area contributed by atoms with Crippen molar-refractivity contribution < 1.29 is 21.6 Å². The van der Waals surface area contributed by atoms with E-state index in [0.717, 1.165) is 18.4 Å². The average Bonchev–Trinajstić information content (AvgIpc) is 2.72. The normalized spacial score (nSPS) is 16.9. The molecule has 0 saturated heterocycles. The van der Waals surface area contributed by atoms with Crippen molar-refractivity contribution in [2.45, 2.75) is 44.0 Å². The number of aryl methyl sites for hydroxylation is 1. The van der Waals surface area contributed by atoms with Crippen LogP contribution < -0.4 is 13.8 Å². The first-order valence-corrected chi connectivity index (χ1v) is 12.6. The van der Waals surface area contributed by atoms with Gasteiger partial charge in [0.2, 0.25) is 10.0 Å². The van der Waals surface area contributed by atoms with E-state index in [-0.39, 0.29) is 28.1 Å². The molecular formula is C20H26N2O5S2. The number of anilines is 2. The predicted molar refractivity (Wildman–Crippen MR) is 115 cm³/mol. The van der Waals surface area contributed by atoms with Gasteiger partial charge >= 0.3 is 0 Å². The Bertz CT molecular complexity index is 1100. The SMILES string of the molecule is CC[C@H]1CCc2ccccc2N1S(=O)(=O)c1ccc(NS(=O)(=O)CC)cc1OC. The summed E-state index contributed by atoms with van der Waals surface area (Å²) < 4.78 is 60.2. The number of benzene rings is 2. The third-order valence-corrected chi connectivity index (χ3v) is 8.35. The second kappa shape index (κ2) is 8.23. The van der Waals surface area contributed by atoms with Crippen LogP contribution in [0.1, 0.15) is 32.3 Å². The van der Waals surface area contributed by atoms with Crippen LogP contribution in [0, 0.1) is 0 Å². The molecule has 158 valence electrons. The van der Waals surface area contributed by atoms with E-state index in [4.69, 9.17) is 4.74 Å². The number of rotatable bonds is 7. The highest BCUT2D eigenvalue weighted by Crippen LogP contribution is 2.39. The van der Waals surface area contributed by atoms with Gasteiger partial charge in [-0.25, -0.2) is 16.8 Å². The minimum Gasteiger partial charge on any atom is -0.495 e. The Morgan fingerprint density at radius 2 is 1.83 bits per heavy atom. The van der Waals surface area contributed by atoms with Crippen molar-refractivity contribution in [1.82, 2.24) is 0 Å². The highest BCUT2D eigenvalue weighted by Gasteiger charge is 2.36. The minimum atomic E-state index is -3.91. The molecule has 0 aromatic heterocycles. The Balaban J connectivity index is 2.09. The number of hydrogen-bond acceptors (Lipinski definition) is 5. The summed E-state index contributed by atoms with van der Waals surface area (Å²) in [6.45, 7) is 3.50. The van der Waals surface area contributed by atoms with Gasteiger partial charge in [-0.05, 0) is 49.9 Å². The summed E-state index contributed by atoms with van der Waals surface area (Å²) in [6.07, 6.45) is 2.25. The highest BCUT2D eigenvalue weighted by molar-refractivity contribution is 7.93. The van der Waals surface area contributed by atoms with Gasteiger partial charge in [0.1, 0.15) is 10.6 Å². The standard InChI is InChI=1S/C20H26N2O5S2/c1-4-17-12-10-15-8-6-7-9-18(15)22(17)29(25,26)20-13-11-16(14-19(20)27-3)21-28(23,24)5-2/h6-9,11,13-14,17,21H,4-5,10,12H2,1-3H3/t17-/m0/s1. The summed E-state index contributed by atoms with van der Waals surface area (Å²) in [6, 6.07) is 11.6. The van der Waals surface area contributed by atoms with Gasteiger partial charge in [0.15, 0.2) is 0 Å². The summed E-state index contributed by atoms with van der Waals surface area (Å²) in [5, 5.41) is 0. The van der Waals surface area contributed by atoms with Gasteiger partial charge in [0, 0.05) is 12.1 Å². The third-order valence-electron chi connectivity index (χ3n) is 5.13. The molecule has 1 N–H and O–H groups in total. The van der Waals surface area contributed by atoms with Gasteiger partial charge < -0.3 is 4.74 Å². The van der Waals surface area contributed by atoms with Crippen molar-refractivity contribution in [1.29, 1.82) is 0 Å². The summed E-state index contributed by atoms with van der Waals surface area (Å²) in [4.78, 5) is 0.00889. The molecule has 3 rings (SSSR count). The maximum absolute atomic E-state index is 13.7. The lowest BCUT2D eigenvalue weighted by molar-refractivity contribution is 0.402. The van der Waals surface area contributed by atoms with Gasteiger partial charge in [-0.3, -0.25) is 9.03 Å². The molecular weight excluding hydrogens is 412 g/mol. The average molecular weight is 439 g/mol. The minimum absolute atomic E-state index is 0.00889. The highest BCUT2D eigenvalue weighted by atomic mass is 32.2. The zero-order valence-electron chi connectivity index (χ0n) is 16.8. The first-order valence-electron chi connectivity index (χ1n) is 9.54. The molecule has 0 spiro atoms. The Morgan fingerprint density at radius 1 is 1.10 bits per heavy atom. The molecule has 7 nitrogen and oxygen atoms in total. The van der Waals surface area contributed by atoms with E-state index < -0.39 is 20.0 Å². The molecule has 0 bridgehead atoms. The number of hydrogen-bond donors (Lipinski definition) is 1. The van der Waals surface area contributed by atoms with Gasteiger partial charge in [0.05, 0.1) is 24.2 Å². The molecule has 0 radical (unpaired) electrons. The molecule has 2 aromatic carbocycles. The number of nitrogens with one attached hydrogen (secondary N) is 1. The summed E-state index contributed by atoms with van der Waals surface area (Å²) >= 11 is 0. The zero-order chi connectivity index (χ0) is 21.2. The van der Waals surface area contributed by atoms with Crippen molar-refractivity contribution in [2.75, 3.05) is 21.9 Å². The first-order chi connectivity index (χ1) is 13.7. The number of para-hydroxylation sites is 1. The maximum atomic E-state index is 13.7. The van der Waals surface area contributed by atoms with E-state index in [2.05, 4.69) is 4.72 Å². The monoisotopic (exact) mass is 438 g/mol. The molecule has 1 heterocycles. The zero-order valence-corrected chi connectivity index (χ0v) is 18.4. The number of methoxy groups -OCH3 is 1. The fourth-order valence-electron chi connectivity index (χ4n) is 3.57. The van der Waals surface area contributed by atoms with Crippen molar-refractivity contribution in [3.8, 4) is 5.75 Å². The smallest absolute Gasteiger partial charge is 0.268 e. The Kier molecular flexibility index (Phi) is 6.09. The fourth-order valence-corrected chi connectivity index (χ4v) is 6.13. The number of nitrogens with zero attached hydrogens (tertiary/aromatic N) is 1. The van der Waals surface area contributed by atoms with Gasteiger partial charge in [-0.2, -0.15) is 0 Å². The van der Waals surface area contributed by atoms with Crippen molar-refractivity contribution in [3.05, 3.63) is 48.0 Å². The number of ether oxygens (including phenoxy) is 1. The molecule has 1 aliphatic rings. The molecule has 0 amide bonds. The summed E-state index contributed by atoms with van der Waals surface area (Å²) in [7, 11) is -6.03. The molecule has 0 unspecified atom stereocenters. The predicted octanol–water partition coefficient (Wildman–Crippen LogP) is 3.38. The first kappa shape index (κ1) is 21.4. The van der Waals surface area contributed by atoms with Crippen LogP contribution in [0.4, 0.5) is 11.4 Å². The quantitative estimate of drug-likeness (QED) is 0.715. The van der Waals surface area contributed by atoms with Crippen LogP contribution in [-0.4, -0.2) is 35.7 Å².